The van der Waals surface area contributed by atoms with Crippen molar-refractivity contribution >= 4 is 15.9 Å². The van der Waals surface area contributed by atoms with Gasteiger partial charge in [0.05, 0.1) is 4.90 Å². The second-order valence-corrected chi connectivity index (χ2v) is 8.29. The van der Waals surface area contributed by atoms with Crippen molar-refractivity contribution in [2.75, 3.05) is 6.54 Å². The highest BCUT2D eigenvalue weighted by Crippen LogP contribution is 2.24. The Balaban J connectivity index is 2.16. The summed E-state index contributed by atoms with van der Waals surface area (Å²) in [5.41, 5.74) is 0.746. The molecule has 0 aromatic heterocycles. The van der Waals surface area contributed by atoms with Crippen molar-refractivity contribution in [3.63, 3.8) is 0 Å². The van der Waals surface area contributed by atoms with Crippen LogP contribution in [-0.4, -0.2) is 27.0 Å². The smallest absolute Gasteiger partial charge is 0.343 e. The minimum Gasteiger partial charge on any atom is -0.343 e. The Hall–Kier alpha value is -2.39. The number of rotatable bonds is 7. The minimum atomic E-state index is -4.52. The molecule has 0 aliphatic carbocycles. The Morgan fingerprint density at radius 2 is 1.57 bits per heavy atom. The molecule has 0 saturated heterocycles. The van der Waals surface area contributed by atoms with Gasteiger partial charge in [0.1, 0.15) is 6.54 Å². The van der Waals surface area contributed by atoms with E-state index in [9.17, 15) is 26.4 Å². The first-order valence-electron chi connectivity index (χ1n) is 8.52. The van der Waals surface area contributed by atoms with Gasteiger partial charge in [-0.2, -0.15) is 13.2 Å². The predicted octanol–water partition coefficient (Wildman–Crippen LogP) is 3.65. The lowest BCUT2D eigenvalue weighted by atomic mass is 9.97. The molecule has 152 valence electrons. The van der Waals surface area contributed by atoms with Crippen molar-refractivity contribution in [2.24, 2.45) is 5.92 Å². The molecule has 2 N–H and O–H groups in total. The van der Waals surface area contributed by atoms with E-state index in [1.165, 1.54) is 24.3 Å². The molecule has 1 atom stereocenters. The topological polar surface area (TPSA) is 75.3 Å². The van der Waals surface area contributed by atoms with Gasteiger partial charge in [-0.3, -0.25) is 4.79 Å². The van der Waals surface area contributed by atoms with E-state index < -0.39 is 34.7 Å². The lowest BCUT2D eigenvalue weighted by molar-refractivity contribution is -0.123. The maximum atomic E-state index is 12.7. The van der Waals surface area contributed by atoms with Crippen LogP contribution in [0.2, 0.25) is 0 Å². The molecule has 0 radical (unpaired) electrons. The number of nitrogens with one attached hydrogen (secondary N) is 2. The molecule has 28 heavy (non-hydrogen) atoms. The summed E-state index contributed by atoms with van der Waals surface area (Å²) in [5.74, 6) is -0.955. The first-order valence-corrected chi connectivity index (χ1v) is 10.0. The van der Waals surface area contributed by atoms with Crippen LogP contribution in [0.1, 0.15) is 35.8 Å². The number of sulfonamides is 1. The maximum absolute atomic E-state index is 12.7. The molecule has 1 amide bonds. The van der Waals surface area contributed by atoms with Crippen LogP contribution in [0.15, 0.2) is 59.5 Å². The molecule has 5 nitrogen and oxygen atoms in total. The quantitative estimate of drug-likeness (QED) is 0.726. The molecule has 0 bridgehead atoms. The fourth-order valence-electron chi connectivity index (χ4n) is 2.55. The number of amides is 1. The van der Waals surface area contributed by atoms with Gasteiger partial charge in [0.2, 0.25) is 10.0 Å². The molecule has 0 aliphatic rings. The molecular formula is C19H21F3N2O3S. The zero-order chi connectivity index (χ0) is 20.9. The average molecular weight is 414 g/mol. The van der Waals surface area contributed by atoms with Gasteiger partial charge >= 0.3 is 6.18 Å². The summed E-state index contributed by atoms with van der Waals surface area (Å²) in [6.07, 6.45) is -4.52. The van der Waals surface area contributed by atoms with Gasteiger partial charge in [-0.25, -0.2) is 13.1 Å². The van der Waals surface area contributed by atoms with E-state index in [1.807, 2.05) is 44.2 Å². The Kier molecular flexibility index (Phi) is 6.84. The molecule has 0 heterocycles. The monoisotopic (exact) mass is 414 g/mol. The van der Waals surface area contributed by atoms with E-state index in [0.29, 0.717) is 0 Å². The largest absolute Gasteiger partial charge is 0.405 e. The Morgan fingerprint density at radius 1 is 1.00 bits per heavy atom. The zero-order valence-electron chi connectivity index (χ0n) is 15.3. The number of hydrogen-bond acceptors (Lipinski definition) is 3. The van der Waals surface area contributed by atoms with Crippen LogP contribution < -0.4 is 10.0 Å². The van der Waals surface area contributed by atoms with Crippen molar-refractivity contribution in [2.45, 2.75) is 31.0 Å². The highest BCUT2D eigenvalue weighted by atomic mass is 32.2. The second kappa shape index (κ2) is 8.74. The molecule has 0 spiro atoms. The summed E-state index contributed by atoms with van der Waals surface area (Å²) in [7, 11) is -3.89. The van der Waals surface area contributed by atoms with E-state index in [1.54, 1.807) is 5.32 Å². The summed E-state index contributed by atoms with van der Waals surface area (Å²) in [6.45, 7) is 2.31. The van der Waals surface area contributed by atoms with Crippen LogP contribution in [0.3, 0.4) is 0 Å². The SMILES string of the molecule is CC(C)C(NS(=O)(=O)c1ccc(C(=O)NCC(F)(F)F)cc1)c1ccccc1. The number of carbonyl (C=O) groups excluding carboxylic acids is 1. The third-order valence-corrected chi connectivity index (χ3v) is 5.44. The number of halogens is 3. The Morgan fingerprint density at radius 3 is 2.07 bits per heavy atom. The fourth-order valence-corrected chi connectivity index (χ4v) is 3.93. The Labute approximate surface area is 162 Å². The maximum Gasteiger partial charge on any atom is 0.405 e. The summed E-state index contributed by atoms with van der Waals surface area (Å²) in [6, 6.07) is 13.4. The summed E-state index contributed by atoms with van der Waals surface area (Å²) >= 11 is 0. The van der Waals surface area contributed by atoms with Gasteiger partial charge in [-0.1, -0.05) is 44.2 Å². The van der Waals surface area contributed by atoms with Gasteiger partial charge in [-0.05, 0) is 35.7 Å². The third-order valence-electron chi connectivity index (χ3n) is 3.98. The van der Waals surface area contributed by atoms with Crippen LogP contribution in [0.5, 0.6) is 0 Å². The molecule has 0 aliphatic heterocycles. The average Bonchev–Trinajstić information content (AvgIpc) is 2.64. The number of hydrogen-bond donors (Lipinski definition) is 2. The van der Waals surface area contributed by atoms with Crippen molar-refractivity contribution in [3.05, 3.63) is 65.7 Å². The van der Waals surface area contributed by atoms with E-state index in [2.05, 4.69) is 4.72 Å². The molecule has 2 aromatic carbocycles. The molecular weight excluding hydrogens is 393 g/mol. The number of alkyl halides is 3. The minimum absolute atomic E-state index is 0.0235. The lowest BCUT2D eigenvalue weighted by Crippen LogP contribution is -2.34. The normalized spacial score (nSPS) is 13.4. The fraction of sp³-hybridized carbons (Fsp3) is 0.316. The number of carbonyl (C=O) groups is 1. The van der Waals surface area contributed by atoms with Crippen molar-refractivity contribution in [3.8, 4) is 0 Å². The lowest BCUT2D eigenvalue weighted by Gasteiger charge is -2.23. The van der Waals surface area contributed by atoms with E-state index in [0.717, 1.165) is 5.56 Å². The van der Waals surface area contributed by atoms with Crippen molar-refractivity contribution in [1.29, 1.82) is 0 Å². The first kappa shape index (κ1) is 21.9. The van der Waals surface area contributed by atoms with E-state index in [-0.39, 0.29) is 16.4 Å². The van der Waals surface area contributed by atoms with Gasteiger partial charge in [-0.15, -0.1) is 0 Å². The number of benzene rings is 2. The Bertz CT molecular complexity index is 896. The molecule has 9 heteroatoms. The molecule has 0 fully saturated rings. The summed E-state index contributed by atoms with van der Waals surface area (Å²) in [5, 5.41) is 1.74. The van der Waals surface area contributed by atoms with Crippen LogP contribution in [0.4, 0.5) is 13.2 Å². The van der Waals surface area contributed by atoms with Crippen LogP contribution in [0.25, 0.3) is 0 Å². The second-order valence-electron chi connectivity index (χ2n) is 6.58. The molecule has 1 unspecified atom stereocenters. The first-order chi connectivity index (χ1) is 13.0. The molecule has 2 rings (SSSR count). The van der Waals surface area contributed by atoms with E-state index >= 15 is 0 Å². The van der Waals surface area contributed by atoms with Crippen LogP contribution in [-0.2, 0) is 10.0 Å². The van der Waals surface area contributed by atoms with Gasteiger partial charge in [0.25, 0.3) is 5.91 Å². The standard InChI is InChI=1S/C19H21F3N2O3S/c1-13(2)17(14-6-4-3-5-7-14)24-28(26,27)16-10-8-15(9-11-16)18(25)23-12-19(20,21)22/h3-11,13,17,24H,12H2,1-2H3,(H,23,25). The summed E-state index contributed by atoms with van der Waals surface area (Å²) < 4.78 is 64.6. The van der Waals surface area contributed by atoms with Crippen molar-refractivity contribution in [1.82, 2.24) is 10.0 Å². The van der Waals surface area contributed by atoms with Crippen LogP contribution in [0, 0.1) is 5.92 Å². The molecule has 2 aromatic rings. The van der Waals surface area contributed by atoms with Crippen LogP contribution >= 0.6 is 0 Å². The van der Waals surface area contributed by atoms with Crippen molar-refractivity contribution < 1.29 is 26.4 Å². The highest BCUT2D eigenvalue weighted by molar-refractivity contribution is 7.89. The summed E-state index contributed by atoms with van der Waals surface area (Å²) in [4.78, 5) is 11.6. The van der Waals surface area contributed by atoms with Gasteiger partial charge < -0.3 is 5.32 Å². The third kappa shape index (κ3) is 6.07. The molecule has 0 saturated carbocycles. The van der Waals surface area contributed by atoms with Gasteiger partial charge in [0, 0.05) is 11.6 Å². The van der Waals surface area contributed by atoms with Gasteiger partial charge in [0.15, 0.2) is 0 Å². The zero-order valence-corrected chi connectivity index (χ0v) is 16.1. The van der Waals surface area contributed by atoms with E-state index in [4.69, 9.17) is 0 Å². The highest BCUT2D eigenvalue weighted by Gasteiger charge is 2.28. The predicted molar refractivity (Wildman–Crippen MR) is 99.2 cm³/mol.